The van der Waals surface area contributed by atoms with Crippen LogP contribution in [-0.4, -0.2) is 51.1 Å². The first-order valence-corrected chi connectivity index (χ1v) is 9.23. The fourth-order valence-corrected chi connectivity index (χ4v) is 3.85. The molecule has 0 unspecified atom stereocenters. The van der Waals surface area contributed by atoms with Gasteiger partial charge in [0.05, 0.1) is 11.5 Å². The lowest BCUT2D eigenvalue weighted by atomic mass is 10.1. The molecule has 1 N–H and O–H groups in total. The second-order valence-electron chi connectivity index (χ2n) is 5.59. The number of benzene rings is 1. The molecule has 1 aromatic rings. The SMILES string of the molecule is CCOc1ccc(S(=O)(=O)NC2CCN(C(=O)C(F)(F)F)CC2)cc1. The molecular formula is C15H19F3N2O4S. The molecule has 1 aliphatic heterocycles. The van der Waals surface area contributed by atoms with E-state index in [0.29, 0.717) is 17.3 Å². The molecular weight excluding hydrogens is 361 g/mol. The Labute approximate surface area is 144 Å². The van der Waals surface area contributed by atoms with Crippen LogP contribution in [0.5, 0.6) is 5.75 Å². The molecule has 0 saturated carbocycles. The van der Waals surface area contributed by atoms with Crippen LogP contribution in [0, 0.1) is 0 Å². The van der Waals surface area contributed by atoms with Crippen molar-refractivity contribution in [3.05, 3.63) is 24.3 Å². The second-order valence-corrected chi connectivity index (χ2v) is 7.30. The smallest absolute Gasteiger partial charge is 0.471 e. The number of hydrogen-bond acceptors (Lipinski definition) is 4. The molecule has 1 heterocycles. The molecule has 1 aliphatic rings. The van der Waals surface area contributed by atoms with Gasteiger partial charge in [-0.3, -0.25) is 4.79 Å². The zero-order valence-corrected chi connectivity index (χ0v) is 14.4. The number of carbonyl (C=O) groups excluding carboxylic acids is 1. The third-order valence-electron chi connectivity index (χ3n) is 3.79. The minimum atomic E-state index is -4.91. The highest BCUT2D eigenvalue weighted by Crippen LogP contribution is 2.22. The van der Waals surface area contributed by atoms with Crippen molar-refractivity contribution >= 4 is 15.9 Å². The Morgan fingerprint density at radius 2 is 1.80 bits per heavy atom. The zero-order valence-electron chi connectivity index (χ0n) is 13.5. The molecule has 1 amide bonds. The van der Waals surface area contributed by atoms with Crippen LogP contribution in [-0.2, 0) is 14.8 Å². The molecule has 1 fully saturated rings. The first-order chi connectivity index (χ1) is 11.6. The van der Waals surface area contributed by atoms with Gasteiger partial charge >= 0.3 is 12.1 Å². The van der Waals surface area contributed by atoms with Gasteiger partial charge in [-0.25, -0.2) is 13.1 Å². The molecule has 0 atom stereocenters. The van der Waals surface area contributed by atoms with Gasteiger partial charge in [0.2, 0.25) is 10.0 Å². The van der Waals surface area contributed by atoms with Crippen molar-refractivity contribution < 1.29 is 31.1 Å². The van der Waals surface area contributed by atoms with Crippen molar-refractivity contribution in [1.29, 1.82) is 0 Å². The van der Waals surface area contributed by atoms with Gasteiger partial charge < -0.3 is 9.64 Å². The summed E-state index contributed by atoms with van der Waals surface area (Å²) in [6.07, 6.45) is -4.66. The van der Waals surface area contributed by atoms with E-state index in [1.165, 1.54) is 24.3 Å². The minimum absolute atomic E-state index is 0.0461. The number of hydrogen-bond donors (Lipinski definition) is 1. The number of sulfonamides is 1. The van der Waals surface area contributed by atoms with Crippen molar-refractivity contribution in [3.8, 4) is 5.75 Å². The van der Waals surface area contributed by atoms with E-state index in [1.54, 1.807) is 0 Å². The lowest BCUT2D eigenvalue weighted by Gasteiger charge is -2.32. The Bertz CT molecular complexity index is 696. The van der Waals surface area contributed by atoms with Crippen LogP contribution in [0.15, 0.2) is 29.2 Å². The maximum absolute atomic E-state index is 12.4. The number of ether oxygens (including phenoxy) is 1. The van der Waals surface area contributed by atoms with Crippen molar-refractivity contribution in [2.75, 3.05) is 19.7 Å². The van der Waals surface area contributed by atoms with Crippen LogP contribution >= 0.6 is 0 Å². The van der Waals surface area contributed by atoms with Crippen molar-refractivity contribution in [3.63, 3.8) is 0 Å². The van der Waals surface area contributed by atoms with Crippen LogP contribution in [0.25, 0.3) is 0 Å². The van der Waals surface area contributed by atoms with E-state index < -0.39 is 28.1 Å². The van der Waals surface area contributed by atoms with Crippen molar-refractivity contribution in [2.24, 2.45) is 0 Å². The predicted molar refractivity (Wildman–Crippen MR) is 83.6 cm³/mol. The lowest BCUT2D eigenvalue weighted by Crippen LogP contribution is -2.49. The largest absolute Gasteiger partial charge is 0.494 e. The number of alkyl halides is 3. The summed E-state index contributed by atoms with van der Waals surface area (Å²) in [5.41, 5.74) is 0. The summed E-state index contributed by atoms with van der Waals surface area (Å²) in [6.45, 7) is 1.98. The highest BCUT2D eigenvalue weighted by molar-refractivity contribution is 7.89. The summed E-state index contributed by atoms with van der Waals surface area (Å²) in [5, 5.41) is 0. The third-order valence-corrected chi connectivity index (χ3v) is 5.33. The number of nitrogens with zero attached hydrogens (tertiary/aromatic N) is 1. The molecule has 25 heavy (non-hydrogen) atoms. The van der Waals surface area contributed by atoms with E-state index in [-0.39, 0.29) is 30.8 Å². The van der Waals surface area contributed by atoms with Gasteiger partial charge in [0.1, 0.15) is 5.75 Å². The van der Waals surface area contributed by atoms with Crippen LogP contribution < -0.4 is 9.46 Å². The fourth-order valence-electron chi connectivity index (χ4n) is 2.55. The third kappa shape index (κ3) is 5.08. The van der Waals surface area contributed by atoms with Crippen LogP contribution in [0.3, 0.4) is 0 Å². The maximum Gasteiger partial charge on any atom is 0.471 e. The van der Waals surface area contributed by atoms with Gasteiger partial charge in [-0.1, -0.05) is 0 Å². The number of nitrogens with one attached hydrogen (secondary N) is 1. The second kappa shape index (κ2) is 7.61. The number of piperidine rings is 1. The highest BCUT2D eigenvalue weighted by Gasteiger charge is 2.43. The lowest BCUT2D eigenvalue weighted by molar-refractivity contribution is -0.186. The van der Waals surface area contributed by atoms with Gasteiger partial charge in [-0.15, -0.1) is 0 Å². The maximum atomic E-state index is 12.4. The van der Waals surface area contributed by atoms with Gasteiger partial charge in [-0.2, -0.15) is 13.2 Å². The Kier molecular flexibility index (Phi) is 5.94. The summed E-state index contributed by atoms with van der Waals surface area (Å²) < 4.78 is 69.6. The Morgan fingerprint density at radius 3 is 2.28 bits per heavy atom. The monoisotopic (exact) mass is 380 g/mol. The fraction of sp³-hybridized carbons (Fsp3) is 0.533. The first-order valence-electron chi connectivity index (χ1n) is 7.75. The first kappa shape index (κ1) is 19.5. The average molecular weight is 380 g/mol. The predicted octanol–water partition coefficient (Wildman–Crippen LogP) is 1.92. The Morgan fingerprint density at radius 1 is 1.24 bits per heavy atom. The molecule has 140 valence electrons. The molecule has 1 aromatic carbocycles. The highest BCUT2D eigenvalue weighted by atomic mass is 32.2. The number of amides is 1. The molecule has 1 saturated heterocycles. The molecule has 0 spiro atoms. The van der Waals surface area contributed by atoms with Crippen molar-refractivity contribution in [1.82, 2.24) is 9.62 Å². The summed E-state index contributed by atoms with van der Waals surface area (Å²) in [4.78, 5) is 11.9. The number of carbonyl (C=O) groups is 1. The molecule has 0 bridgehead atoms. The average Bonchev–Trinajstić information content (AvgIpc) is 2.54. The zero-order chi connectivity index (χ0) is 18.7. The number of likely N-dealkylation sites (tertiary alicyclic amines) is 1. The van der Waals surface area contributed by atoms with Crippen molar-refractivity contribution in [2.45, 2.75) is 36.9 Å². The molecule has 0 aromatic heterocycles. The minimum Gasteiger partial charge on any atom is -0.494 e. The normalized spacial score (nSPS) is 16.7. The molecule has 2 rings (SSSR count). The standard InChI is InChI=1S/C15H19F3N2O4S/c1-2-24-12-3-5-13(6-4-12)25(22,23)19-11-7-9-20(10-8-11)14(21)15(16,17)18/h3-6,11,19H,2,7-10H2,1H3. The van der Waals surface area contributed by atoms with Gasteiger partial charge in [-0.05, 0) is 44.0 Å². The number of rotatable bonds is 5. The summed E-state index contributed by atoms with van der Waals surface area (Å²) in [7, 11) is -3.79. The van der Waals surface area contributed by atoms with E-state index in [0.717, 1.165) is 0 Å². The van der Waals surface area contributed by atoms with E-state index in [4.69, 9.17) is 4.74 Å². The van der Waals surface area contributed by atoms with Gasteiger partial charge in [0, 0.05) is 19.1 Å². The number of halogens is 3. The molecule has 0 aliphatic carbocycles. The van der Waals surface area contributed by atoms with E-state index in [2.05, 4.69) is 4.72 Å². The molecule has 6 nitrogen and oxygen atoms in total. The topological polar surface area (TPSA) is 75.7 Å². The van der Waals surface area contributed by atoms with E-state index in [9.17, 15) is 26.4 Å². The summed E-state index contributed by atoms with van der Waals surface area (Å²) in [6, 6.07) is 5.34. The summed E-state index contributed by atoms with van der Waals surface area (Å²) >= 11 is 0. The molecule has 10 heteroatoms. The molecule has 0 radical (unpaired) electrons. The van der Waals surface area contributed by atoms with E-state index in [1.807, 2.05) is 6.92 Å². The Balaban J connectivity index is 1.95. The van der Waals surface area contributed by atoms with Gasteiger partial charge in [0.25, 0.3) is 0 Å². The van der Waals surface area contributed by atoms with Crippen LogP contribution in [0.4, 0.5) is 13.2 Å². The van der Waals surface area contributed by atoms with E-state index >= 15 is 0 Å². The van der Waals surface area contributed by atoms with Gasteiger partial charge in [0.15, 0.2) is 0 Å². The van der Waals surface area contributed by atoms with Crippen LogP contribution in [0.2, 0.25) is 0 Å². The quantitative estimate of drug-likeness (QED) is 0.847. The Hall–Kier alpha value is -1.81. The van der Waals surface area contributed by atoms with Crippen LogP contribution in [0.1, 0.15) is 19.8 Å². The summed E-state index contributed by atoms with van der Waals surface area (Å²) in [5.74, 6) is -1.35.